The molecule has 0 saturated heterocycles. The van der Waals surface area contributed by atoms with Gasteiger partial charge in [0.1, 0.15) is 11.6 Å². The van der Waals surface area contributed by atoms with Gasteiger partial charge in [0.25, 0.3) is 0 Å². The van der Waals surface area contributed by atoms with Crippen LogP contribution in [0, 0.1) is 28.5 Å². The number of nitriles is 1. The second-order valence-electron chi connectivity index (χ2n) is 5.07. The van der Waals surface area contributed by atoms with Gasteiger partial charge in [0, 0.05) is 0 Å². The molecule has 0 fully saturated rings. The van der Waals surface area contributed by atoms with Gasteiger partial charge in [-0.3, -0.25) is 0 Å². The maximum Gasteiger partial charge on any atom is 0.123 e. The molecule has 0 saturated carbocycles. The Kier molecular flexibility index (Phi) is 4.51. The predicted octanol–water partition coefficient (Wildman–Crippen LogP) is 3.78. The van der Waals surface area contributed by atoms with Crippen LogP contribution in [-0.2, 0) is 0 Å². The first kappa shape index (κ1) is 13.5. The maximum atomic E-state index is 12.7. The molecule has 0 aromatic heterocycles. The molecule has 92 valence electrons. The lowest BCUT2D eigenvalue weighted by molar-refractivity contribution is 0.222. The predicted molar refractivity (Wildman–Crippen MR) is 65.1 cm³/mol. The van der Waals surface area contributed by atoms with Crippen molar-refractivity contribution >= 4 is 0 Å². The molecule has 2 nitrogen and oxygen atoms in total. The van der Waals surface area contributed by atoms with Crippen molar-refractivity contribution in [2.24, 2.45) is 11.3 Å². The minimum absolute atomic E-state index is 0.268. The van der Waals surface area contributed by atoms with Gasteiger partial charge in [-0.1, -0.05) is 6.92 Å². The lowest BCUT2D eigenvalue weighted by Crippen LogP contribution is -2.18. The molecule has 1 unspecified atom stereocenters. The number of nitrogens with zero attached hydrogens (tertiary/aromatic N) is 1. The quantitative estimate of drug-likeness (QED) is 0.778. The fourth-order valence-electron chi connectivity index (χ4n) is 1.75. The number of rotatable bonds is 5. The van der Waals surface area contributed by atoms with Gasteiger partial charge < -0.3 is 4.74 Å². The Balaban J connectivity index is 2.41. The van der Waals surface area contributed by atoms with Crippen LogP contribution in [0.25, 0.3) is 0 Å². The second-order valence-corrected chi connectivity index (χ2v) is 5.07. The summed E-state index contributed by atoms with van der Waals surface area (Å²) in [6.07, 6.45) is 0.782. The number of hydrogen-bond donors (Lipinski definition) is 0. The van der Waals surface area contributed by atoms with Crippen molar-refractivity contribution < 1.29 is 9.13 Å². The molecule has 1 aromatic carbocycles. The van der Waals surface area contributed by atoms with Crippen molar-refractivity contribution in [1.82, 2.24) is 0 Å². The summed E-state index contributed by atoms with van der Waals surface area (Å²) >= 11 is 0. The first-order valence-electron chi connectivity index (χ1n) is 5.72. The van der Waals surface area contributed by atoms with E-state index in [1.54, 1.807) is 12.1 Å². The number of halogens is 1. The Hall–Kier alpha value is -1.56. The summed E-state index contributed by atoms with van der Waals surface area (Å²) < 4.78 is 18.2. The van der Waals surface area contributed by atoms with Crippen molar-refractivity contribution in [2.75, 3.05) is 6.61 Å². The van der Waals surface area contributed by atoms with E-state index in [-0.39, 0.29) is 17.2 Å². The largest absolute Gasteiger partial charge is 0.493 e. The maximum absolute atomic E-state index is 12.7. The Morgan fingerprint density at radius 3 is 2.47 bits per heavy atom. The van der Waals surface area contributed by atoms with Gasteiger partial charge in [0.2, 0.25) is 0 Å². The van der Waals surface area contributed by atoms with E-state index in [2.05, 4.69) is 6.07 Å². The molecule has 0 amide bonds. The lowest BCUT2D eigenvalue weighted by atomic mass is 9.85. The van der Waals surface area contributed by atoms with Crippen LogP contribution in [0.3, 0.4) is 0 Å². The van der Waals surface area contributed by atoms with E-state index in [1.807, 2.05) is 20.8 Å². The molecule has 0 N–H and O–H groups in total. The summed E-state index contributed by atoms with van der Waals surface area (Å²) in [5.41, 5.74) is -0.328. The van der Waals surface area contributed by atoms with Crippen molar-refractivity contribution in [2.45, 2.75) is 27.2 Å². The summed E-state index contributed by atoms with van der Waals surface area (Å²) in [6.45, 7) is 6.42. The van der Waals surface area contributed by atoms with Gasteiger partial charge in [-0.05, 0) is 50.5 Å². The van der Waals surface area contributed by atoms with Gasteiger partial charge in [0.05, 0.1) is 18.1 Å². The molecule has 17 heavy (non-hydrogen) atoms. The van der Waals surface area contributed by atoms with E-state index in [0.717, 1.165) is 6.42 Å². The number of benzene rings is 1. The highest BCUT2D eigenvalue weighted by atomic mass is 19.1. The topological polar surface area (TPSA) is 33.0 Å². The van der Waals surface area contributed by atoms with Crippen LogP contribution in [-0.4, -0.2) is 6.61 Å². The van der Waals surface area contributed by atoms with Gasteiger partial charge in [-0.25, -0.2) is 4.39 Å². The Morgan fingerprint density at radius 2 is 1.94 bits per heavy atom. The molecule has 0 aliphatic rings. The van der Waals surface area contributed by atoms with Crippen LogP contribution >= 0.6 is 0 Å². The van der Waals surface area contributed by atoms with E-state index in [4.69, 9.17) is 10.00 Å². The third kappa shape index (κ3) is 4.86. The molecule has 1 aromatic rings. The van der Waals surface area contributed by atoms with E-state index < -0.39 is 0 Å². The summed E-state index contributed by atoms with van der Waals surface area (Å²) in [6, 6.07) is 8.24. The second kappa shape index (κ2) is 5.67. The van der Waals surface area contributed by atoms with Crippen LogP contribution in [0.2, 0.25) is 0 Å². The fourth-order valence-corrected chi connectivity index (χ4v) is 1.75. The van der Waals surface area contributed by atoms with Crippen molar-refractivity contribution in [3.63, 3.8) is 0 Å². The van der Waals surface area contributed by atoms with Crippen LogP contribution in [0.1, 0.15) is 27.2 Å². The molecule has 1 rings (SSSR count). The molecule has 0 aliphatic carbocycles. The molecule has 0 radical (unpaired) electrons. The molecular formula is C14H18FNO. The zero-order valence-corrected chi connectivity index (χ0v) is 10.5. The molecular weight excluding hydrogens is 217 g/mol. The first-order valence-corrected chi connectivity index (χ1v) is 5.72. The third-order valence-electron chi connectivity index (χ3n) is 2.51. The third-order valence-corrected chi connectivity index (χ3v) is 2.51. The average molecular weight is 235 g/mol. The van der Waals surface area contributed by atoms with E-state index in [9.17, 15) is 4.39 Å². The van der Waals surface area contributed by atoms with Gasteiger partial charge in [-0.2, -0.15) is 5.26 Å². The molecule has 0 spiro atoms. The summed E-state index contributed by atoms with van der Waals surface area (Å²) in [7, 11) is 0. The molecule has 0 aliphatic heterocycles. The van der Waals surface area contributed by atoms with Gasteiger partial charge in [0.15, 0.2) is 0 Å². The molecule has 1 atom stereocenters. The van der Waals surface area contributed by atoms with Crippen molar-refractivity contribution in [3.8, 4) is 11.8 Å². The van der Waals surface area contributed by atoms with Crippen molar-refractivity contribution in [3.05, 3.63) is 30.1 Å². The standard InChI is InChI=1S/C14H18FNO/c1-11(8-14(2,3)10-16)9-17-13-6-4-12(15)5-7-13/h4-7,11H,8-9H2,1-3H3. The zero-order chi connectivity index (χ0) is 12.9. The van der Waals surface area contributed by atoms with Crippen LogP contribution in [0.4, 0.5) is 4.39 Å². The van der Waals surface area contributed by atoms with E-state index in [0.29, 0.717) is 12.4 Å². The summed E-state index contributed by atoms with van der Waals surface area (Å²) in [5, 5.41) is 8.93. The Bertz CT molecular complexity index is 392. The van der Waals surface area contributed by atoms with Gasteiger partial charge in [-0.15, -0.1) is 0 Å². The van der Waals surface area contributed by atoms with Crippen LogP contribution in [0.5, 0.6) is 5.75 Å². The van der Waals surface area contributed by atoms with Crippen molar-refractivity contribution in [1.29, 1.82) is 5.26 Å². The highest BCUT2D eigenvalue weighted by Gasteiger charge is 2.20. The average Bonchev–Trinajstić information content (AvgIpc) is 2.28. The molecule has 0 bridgehead atoms. The highest BCUT2D eigenvalue weighted by molar-refractivity contribution is 5.22. The normalized spacial score (nSPS) is 12.9. The molecule has 0 heterocycles. The lowest BCUT2D eigenvalue weighted by Gasteiger charge is -2.20. The number of ether oxygens (including phenoxy) is 1. The SMILES string of the molecule is CC(COc1ccc(F)cc1)CC(C)(C)C#N. The summed E-state index contributed by atoms with van der Waals surface area (Å²) in [4.78, 5) is 0. The highest BCUT2D eigenvalue weighted by Crippen LogP contribution is 2.24. The smallest absolute Gasteiger partial charge is 0.123 e. The van der Waals surface area contributed by atoms with E-state index in [1.165, 1.54) is 12.1 Å². The Morgan fingerprint density at radius 1 is 1.35 bits per heavy atom. The fraction of sp³-hybridized carbons (Fsp3) is 0.500. The minimum Gasteiger partial charge on any atom is -0.493 e. The monoisotopic (exact) mass is 235 g/mol. The van der Waals surface area contributed by atoms with Gasteiger partial charge >= 0.3 is 0 Å². The summed E-state index contributed by atoms with van der Waals surface area (Å²) in [5.74, 6) is 0.679. The van der Waals surface area contributed by atoms with E-state index >= 15 is 0 Å². The number of hydrogen-bond acceptors (Lipinski definition) is 2. The molecule has 3 heteroatoms. The first-order chi connectivity index (χ1) is 7.93. The van der Waals surface area contributed by atoms with Crippen LogP contribution < -0.4 is 4.74 Å². The minimum atomic E-state index is -0.328. The Labute approximate surface area is 102 Å². The van der Waals surface area contributed by atoms with Crippen LogP contribution in [0.15, 0.2) is 24.3 Å². The zero-order valence-electron chi connectivity index (χ0n) is 10.5.